The molecule has 2 heterocycles. The zero-order chi connectivity index (χ0) is 29.4. The Morgan fingerprint density at radius 1 is 0.975 bits per heavy atom. The van der Waals surface area contributed by atoms with E-state index >= 15 is 0 Å². The quantitative estimate of drug-likeness (QED) is 0.250. The van der Waals surface area contributed by atoms with E-state index in [0.717, 1.165) is 0 Å². The van der Waals surface area contributed by atoms with Gasteiger partial charge in [0.05, 0.1) is 21.3 Å². The van der Waals surface area contributed by atoms with Crippen LogP contribution in [0.25, 0.3) is 16.6 Å². The van der Waals surface area contributed by atoms with Crippen molar-refractivity contribution in [1.29, 1.82) is 0 Å². The van der Waals surface area contributed by atoms with Crippen molar-refractivity contribution < 1.29 is 27.6 Å². The third-order valence-corrected chi connectivity index (χ3v) is 6.19. The second kappa shape index (κ2) is 11.1. The van der Waals surface area contributed by atoms with E-state index in [1.807, 2.05) is 0 Å². The highest BCUT2D eigenvalue weighted by Gasteiger charge is 2.37. The fourth-order valence-electron chi connectivity index (χ4n) is 3.87. The Morgan fingerprint density at radius 3 is 2.33 bits per heavy atom. The number of carbonyl (C=O) groups excluding carboxylic acids is 3. The molecule has 0 atom stereocenters. The molecule has 0 aliphatic rings. The molecule has 0 saturated carbocycles. The molecule has 0 aliphatic carbocycles. The largest absolute Gasteiger partial charge is 0.435 e. The van der Waals surface area contributed by atoms with Gasteiger partial charge in [0, 0.05) is 41.7 Å². The maximum atomic E-state index is 13.6. The molecule has 14 heteroatoms. The van der Waals surface area contributed by atoms with Crippen LogP contribution >= 0.6 is 23.2 Å². The smallest absolute Gasteiger partial charge is 0.350 e. The highest BCUT2D eigenvalue weighted by Crippen LogP contribution is 2.38. The van der Waals surface area contributed by atoms with E-state index in [1.165, 1.54) is 31.3 Å². The maximum Gasteiger partial charge on any atom is 0.435 e. The summed E-state index contributed by atoms with van der Waals surface area (Å²) in [6.07, 6.45) is -3.61. The van der Waals surface area contributed by atoms with E-state index in [2.05, 4.69) is 26.0 Å². The minimum Gasteiger partial charge on any atom is -0.350 e. The predicted molar refractivity (Wildman–Crippen MR) is 145 cm³/mol. The summed E-state index contributed by atoms with van der Waals surface area (Å²) < 4.78 is 41.4. The second-order valence-corrected chi connectivity index (χ2v) is 9.70. The molecule has 40 heavy (non-hydrogen) atoms. The molecule has 0 saturated heterocycles. The van der Waals surface area contributed by atoms with E-state index in [0.29, 0.717) is 27.2 Å². The zero-order valence-electron chi connectivity index (χ0n) is 21.2. The lowest BCUT2D eigenvalue weighted by Crippen LogP contribution is -2.31. The van der Waals surface area contributed by atoms with Gasteiger partial charge in [-0.15, -0.1) is 0 Å². The molecular weight excluding hydrogens is 572 g/mol. The number of aromatic nitrogens is 3. The Hall–Kier alpha value is -4.16. The summed E-state index contributed by atoms with van der Waals surface area (Å²) >= 11 is 12.8. The molecule has 0 spiro atoms. The summed E-state index contributed by atoms with van der Waals surface area (Å²) in [5.74, 6) is -2.27. The molecule has 3 amide bonds. The molecule has 4 aromatic rings. The molecule has 208 valence electrons. The molecule has 0 radical (unpaired) electrons. The fourth-order valence-corrected chi connectivity index (χ4v) is 4.39. The van der Waals surface area contributed by atoms with Crippen LogP contribution in [0, 0.1) is 0 Å². The number of pyridine rings is 1. The van der Waals surface area contributed by atoms with Crippen molar-refractivity contribution in [2.45, 2.75) is 33.0 Å². The van der Waals surface area contributed by atoms with Gasteiger partial charge in [0.2, 0.25) is 5.91 Å². The molecule has 0 fully saturated rings. The van der Waals surface area contributed by atoms with E-state index in [9.17, 15) is 27.6 Å². The minimum absolute atomic E-state index is 0.0559. The molecule has 4 rings (SSSR count). The minimum atomic E-state index is -4.88. The van der Waals surface area contributed by atoms with Crippen LogP contribution in [0.2, 0.25) is 10.0 Å². The van der Waals surface area contributed by atoms with E-state index in [1.54, 1.807) is 32.0 Å². The third-order valence-electron chi connectivity index (χ3n) is 5.51. The number of alkyl halides is 3. The Kier molecular flexibility index (Phi) is 8.03. The number of halogens is 5. The van der Waals surface area contributed by atoms with Crippen LogP contribution in [-0.2, 0) is 11.0 Å². The fraction of sp³-hybridized carbons (Fsp3) is 0.192. The second-order valence-electron chi connectivity index (χ2n) is 8.91. The first-order chi connectivity index (χ1) is 18.8. The molecule has 0 aliphatic heterocycles. The Balaban J connectivity index is 1.90. The number of hydrogen-bond acceptors (Lipinski definition) is 5. The summed E-state index contributed by atoms with van der Waals surface area (Å²) in [5.41, 5.74) is -1.81. The van der Waals surface area contributed by atoms with Crippen molar-refractivity contribution >= 4 is 63.1 Å². The lowest BCUT2D eigenvalue weighted by molar-refractivity contribution is -0.141. The number of carbonyl (C=O) groups is 3. The molecular formula is C26H21Cl2F3N6O3. The van der Waals surface area contributed by atoms with Crippen LogP contribution in [0.1, 0.15) is 47.3 Å². The average molecular weight is 593 g/mol. The van der Waals surface area contributed by atoms with Gasteiger partial charge in [-0.05, 0) is 38.1 Å². The van der Waals surface area contributed by atoms with Crippen molar-refractivity contribution in [1.82, 2.24) is 20.1 Å². The Morgan fingerprint density at radius 2 is 1.70 bits per heavy atom. The van der Waals surface area contributed by atoms with Gasteiger partial charge in [0.1, 0.15) is 5.69 Å². The SMILES string of the molecule is CC(=O)Nc1cccc2c(Cl)c(NC(=O)c3cc(C(F)(F)F)nn3-c3ncccc3Cl)c(C(=O)NC(C)C)cc12. The lowest BCUT2D eigenvalue weighted by Gasteiger charge is -2.18. The van der Waals surface area contributed by atoms with Crippen molar-refractivity contribution in [2.75, 3.05) is 10.6 Å². The number of anilines is 2. The first kappa shape index (κ1) is 28.8. The summed E-state index contributed by atoms with van der Waals surface area (Å²) in [6, 6.07) is 9.31. The van der Waals surface area contributed by atoms with Gasteiger partial charge < -0.3 is 16.0 Å². The monoisotopic (exact) mass is 592 g/mol. The van der Waals surface area contributed by atoms with Crippen molar-refractivity contribution in [2.24, 2.45) is 0 Å². The van der Waals surface area contributed by atoms with Gasteiger partial charge in [-0.2, -0.15) is 18.3 Å². The van der Waals surface area contributed by atoms with Crippen molar-refractivity contribution in [3.63, 3.8) is 0 Å². The summed E-state index contributed by atoms with van der Waals surface area (Å²) in [4.78, 5) is 42.4. The average Bonchev–Trinajstić information content (AvgIpc) is 3.31. The van der Waals surface area contributed by atoms with Crippen molar-refractivity contribution in [3.8, 4) is 5.82 Å². The standard InChI is InChI=1S/C26H21Cl2F3N6O3/c1-12(2)33-24(39)16-10-15-14(6-4-8-18(15)34-13(3)38)21(28)22(16)35-25(40)19-11-20(26(29,30)31)36-37(19)23-17(27)7-5-9-32-23/h4-12H,1-3H3,(H,33,39)(H,34,38)(H,35,40). The number of nitrogens with zero attached hydrogens (tertiary/aromatic N) is 3. The van der Waals surface area contributed by atoms with Gasteiger partial charge >= 0.3 is 6.18 Å². The molecule has 2 aromatic heterocycles. The van der Waals surface area contributed by atoms with Crippen molar-refractivity contribution in [3.05, 3.63) is 75.7 Å². The van der Waals surface area contributed by atoms with Crippen LogP contribution in [0.4, 0.5) is 24.5 Å². The van der Waals surface area contributed by atoms with Crippen LogP contribution in [0.3, 0.4) is 0 Å². The number of nitrogens with one attached hydrogen (secondary N) is 3. The van der Waals surface area contributed by atoms with Crippen LogP contribution < -0.4 is 16.0 Å². The van der Waals surface area contributed by atoms with Gasteiger partial charge in [-0.1, -0.05) is 35.3 Å². The lowest BCUT2D eigenvalue weighted by atomic mass is 10.0. The highest BCUT2D eigenvalue weighted by atomic mass is 35.5. The number of benzene rings is 2. The molecule has 2 aromatic carbocycles. The van der Waals surface area contributed by atoms with E-state index in [4.69, 9.17) is 23.2 Å². The maximum absolute atomic E-state index is 13.6. The summed E-state index contributed by atoms with van der Waals surface area (Å²) in [7, 11) is 0. The Bertz CT molecular complexity index is 1650. The first-order valence-corrected chi connectivity index (χ1v) is 12.5. The van der Waals surface area contributed by atoms with Crippen LogP contribution in [0.15, 0.2) is 48.7 Å². The molecule has 9 nitrogen and oxygen atoms in total. The number of fused-ring (bicyclic) bond motifs is 1. The van der Waals surface area contributed by atoms with Crippen LogP contribution in [0.5, 0.6) is 0 Å². The number of hydrogen-bond donors (Lipinski definition) is 3. The predicted octanol–water partition coefficient (Wildman–Crippen LogP) is 6.10. The summed E-state index contributed by atoms with van der Waals surface area (Å²) in [5, 5.41) is 12.0. The molecule has 3 N–H and O–H groups in total. The first-order valence-electron chi connectivity index (χ1n) is 11.7. The third kappa shape index (κ3) is 5.87. The van der Waals surface area contributed by atoms with E-state index < -0.39 is 29.4 Å². The zero-order valence-corrected chi connectivity index (χ0v) is 22.7. The van der Waals surface area contributed by atoms with Gasteiger partial charge in [-0.25, -0.2) is 9.67 Å². The number of rotatable bonds is 6. The van der Waals surface area contributed by atoms with Gasteiger partial charge in [0.15, 0.2) is 11.5 Å². The number of amides is 3. The van der Waals surface area contributed by atoms with E-state index in [-0.39, 0.29) is 39.1 Å². The molecule has 0 unspecified atom stereocenters. The topological polar surface area (TPSA) is 118 Å². The van der Waals surface area contributed by atoms with Gasteiger partial charge in [0.25, 0.3) is 11.8 Å². The Labute approximate surface area is 235 Å². The normalized spacial score (nSPS) is 11.5. The van der Waals surface area contributed by atoms with Gasteiger partial charge in [-0.3, -0.25) is 14.4 Å². The molecule has 0 bridgehead atoms. The van der Waals surface area contributed by atoms with Crippen LogP contribution in [-0.4, -0.2) is 38.5 Å². The summed E-state index contributed by atoms with van der Waals surface area (Å²) in [6.45, 7) is 4.75. The highest BCUT2D eigenvalue weighted by molar-refractivity contribution is 6.40.